The van der Waals surface area contributed by atoms with E-state index in [2.05, 4.69) is 32.6 Å². The van der Waals surface area contributed by atoms with Crippen molar-refractivity contribution < 1.29 is 9.79 Å². The summed E-state index contributed by atoms with van der Waals surface area (Å²) in [4.78, 5) is 18.6. The molecule has 0 spiro atoms. The van der Waals surface area contributed by atoms with Crippen molar-refractivity contribution in [2.24, 2.45) is 0 Å². The first-order chi connectivity index (χ1) is 6.33. The van der Waals surface area contributed by atoms with Gasteiger partial charge in [0.05, 0.1) is 0 Å². The van der Waals surface area contributed by atoms with Crippen molar-refractivity contribution in [2.45, 2.75) is 57.6 Å². The molecule has 0 aliphatic carbocycles. The van der Waals surface area contributed by atoms with E-state index in [4.69, 9.17) is 0 Å². The molecule has 0 radical (unpaired) electrons. The molecule has 2 nitrogen and oxygen atoms in total. The zero-order chi connectivity index (χ0) is 11.2. The third-order valence-corrected chi connectivity index (χ3v) is 6.27. The van der Waals surface area contributed by atoms with Gasteiger partial charge in [0, 0.05) is 4.75 Å². The minimum absolute atomic E-state index is 0.0613. The molecule has 0 saturated carbocycles. The Morgan fingerprint density at radius 1 is 1.29 bits per heavy atom. The molecule has 1 atom stereocenters. The van der Waals surface area contributed by atoms with E-state index in [1.165, 1.54) is 24.2 Å². The van der Waals surface area contributed by atoms with Crippen molar-refractivity contribution in [3.63, 3.8) is 0 Å². The Bertz CT molecular complexity index is 205. The van der Waals surface area contributed by atoms with Crippen LogP contribution in [0.3, 0.4) is 0 Å². The van der Waals surface area contributed by atoms with Gasteiger partial charge < -0.3 is 9.79 Å². The van der Waals surface area contributed by atoms with Crippen molar-refractivity contribution in [1.82, 2.24) is 0 Å². The van der Waals surface area contributed by atoms with Crippen molar-refractivity contribution in [3.8, 4) is 0 Å². The van der Waals surface area contributed by atoms with Crippen LogP contribution in [-0.4, -0.2) is 14.5 Å². The lowest BCUT2D eigenvalue weighted by Gasteiger charge is -2.28. The fraction of sp³-hybridized carbons (Fsp3) is 1.00. The maximum absolute atomic E-state index is 9.29. The highest BCUT2D eigenvalue weighted by atomic mass is 32.9. The molecule has 0 fully saturated rings. The monoisotopic (exact) mass is 256 g/mol. The first-order valence-corrected chi connectivity index (χ1v) is 9.22. The second kappa shape index (κ2) is 6.49. The third-order valence-electron chi connectivity index (χ3n) is 2.40. The molecular formula is C9H21O2PS2. The minimum Gasteiger partial charge on any atom is -0.338 e. The largest absolute Gasteiger partial charge is 0.338 e. The lowest BCUT2D eigenvalue weighted by Crippen LogP contribution is -2.18. The molecule has 0 amide bonds. The van der Waals surface area contributed by atoms with Gasteiger partial charge in [-0.1, -0.05) is 44.5 Å². The maximum atomic E-state index is 9.29. The summed E-state index contributed by atoms with van der Waals surface area (Å²) in [5.74, 6) is 0. The average molecular weight is 256 g/mol. The average Bonchev–Trinajstić information content (AvgIpc) is 2.02. The molecule has 0 aliphatic rings. The zero-order valence-electron chi connectivity index (χ0n) is 9.19. The predicted molar refractivity (Wildman–Crippen MR) is 69.2 cm³/mol. The first kappa shape index (κ1) is 14.9. The number of hydrogen-bond acceptors (Lipinski definition) is 2. The fourth-order valence-corrected chi connectivity index (χ4v) is 6.27. The van der Waals surface area contributed by atoms with Gasteiger partial charge in [-0.15, -0.1) is 0 Å². The van der Waals surface area contributed by atoms with Crippen molar-refractivity contribution in [1.29, 1.82) is 0 Å². The molecule has 2 N–H and O–H groups in total. The molecule has 0 rings (SSSR count). The van der Waals surface area contributed by atoms with Gasteiger partial charge in [0.25, 0.3) is 0 Å². The molecule has 0 heterocycles. The summed E-state index contributed by atoms with van der Waals surface area (Å²) in [6.07, 6.45) is 5.48. The van der Waals surface area contributed by atoms with E-state index in [1.807, 2.05) is 0 Å². The van der Waals surface area contributed by atoms with Crippen LogP contribution in [0.15, 0.2) is 0 Å². The zero-order valence-corrected chi connectivity index (χ0v) is 11.7. The maximum Gasteiger partial charge on any atom is 0.242 e. The number of rotatable bonds is 7. The lowest BCUT2D eigenvalue weighted by molar-refractivity contribution is 0.494. The predicted octanol–water partition coefficient (Wildman–Crippen LogP) is 3.68. The smallest absolute Gasteiger partial charge is 0.242 e. The molecule has 86 valence electrons. The minimum atomic E-state index is -3.10. The van der Waals surface area contributed by atoms with Crippen LogP contribution in [0.25, 0.3) is 0 Å². The van der Waals surface area contributed by atoms with Gasteiger partial charge >= 0.3 is 0 Å². The lowest BCUT2D eigenvalue weighted by atomic mass is 10.00. The summed E-state index contributed by atoms with van der Waals surface area (Å²) < 4.78 is -0.0613. The summed E-state index contributed by atoms with van der Waals surface area (Å²) >= 11 is 5.85. The van der Waals surface area contributed by atoms with Crippen molar-refractivity contribution in [2.75, 3.05) is 0 Å². The molecule has 14 heavy (non-hydrogen) atoms. The quantitative estimate of drug-likeness (QED) is 0.538. The van der Waals surface area contributed by atoms with Gasteiger partial charge in [-0.25, -0.2) is 0 Å². The van der Waals surface area contributed by atoms with Gasteiger partial charge in [-0.3, -0.25) is 0 Å². The molecule has 1 unspecified atom stereocenters. The van der Waals surface area contributed by atoms with Crippen LogP contribution in [0.2, 0.25) is 0 Å². The fourth-order valence-electron chi connectivity index (χ4n) is 1.32. The van der Waals surface area contributed by atoms with Crippen molar-refractivity contribution >= 4 is 28.9 Å². The van der Waals surface area contributed by atoms with Crippen LogP contribution < -0.4 is 0 Å². The van der Waals surface area contributed by atoms with Gasteiger partial charge in [0.1, 0.15) is 0 Å². The second-order valence-corrected chi connectivity index (χ2v) is 10.3. The summed E-state index contributed by atoms with van der Waals surface area (Å²) in [6.45, 7) is 6.31. The summed E-state index contributed by atoms with van der Waals surface area (Å²) in [7, 11) is 0. The first-order valence-electron chi connectivity index (χ1n) is 5.09. The Morgan fingerprint density at radius 3 is 2.21 bits per heavy atom. The van der Waals surface area contributed by atoms with E-state index in [0.717, 1.165) is 19.3 Å². The van der Waals surface area contributed by atoms with E-state index >= 15 is 0 Å². The summed E-state index contributed by atoms with van der Waals surface area (Å²) in [6, 6.07) is 0. The van der Waals surface area contributed by atoms with E-state index < -0.39 is 5.69 Å². The van der Waals surface area contributed by atoms with Gasteiger partial charge in [-0.2, -0.15) is 0 Å². The number of hydrogen-bond donors (Lipinski definition) is 2. The summed E-state index contributed by atoms with van der Waals surface area (Å²) in [5, 5.41) is 0. The highest BCUT2D eigenvalue weighted by Gasteiger charge is 2.28. The van der Waals surface area contributed by atoms with E-state index in [-0.39, 0.29) is 4.75 Å². The topological polar surface area (TPSA) is 40.5 Å². The van der Waals surface area contributed by atoms with Crippen molar-refractivity contribution in [3.05, 3.63) is 0 Å². The van der Waals surface area contributed by atoms with Crippen LogP contribution >= 0.6 is 17.1 Å². The third kappa shape index (κ3) is 7.24. The van der Waals surface area contributed by atoms with Crippen LogP contribution in [0, 0.1) is 0 Å². The molecule has 5 heteroatoms. The Balaban J connectivity index is 4.11. The highest BCUT2D eigenvalue weighted by molar-refractivity contribution is 8.67. The Labute approximate surface area is 96.4 Å². The summed E-state index contributed by atoms with van der Waals surface area (Å²) in [5.41, 5.74) is -3.10. The highest BCUT2D eigenvalue weighted by Crippen LogP contribution is 2.59. The van der Waals surface area contributed by atoms with Gasteiger partial charge in [0.15, 0.2) is 0 Å². The standard InChI is InChI=1S/C9H21O2PS2/c1-4-6-7-8-9(3,5-2)14-12(10,11)13/h4-8H2,1-3H3,(H2,10,11,13). The SMILES string of the molecule is CCCCCC(C)(CC)SP(O)(O)=S. The normalized spacial score (nSPS) is 16.6. The number of unbranched alkanes of at least 4 members (excludes halogenated alkanes) is 2. The van der Waals surface area contributed by atoms with Crippen LogP contribution in [0.1, 0.15) is 52.9 Å². The second-order valence-electron chi connectivity index (χ2n) is 3.84. The van der Waals surface area contributed by atoms with E-state index in [9.17, 15) is 9.79 Å². The van der Waals surface area contributed by atoms with E-state index in [1.54, 1.807) is 0 Å². The Morgan fingerprint density at radius 2 is 1.86 bits per heavy atom. The molecule has 0 aromatic carbocycles. The molecule has 0 saturated heterocycles. The molecular weight excluding hydrogens is 235 g/mol. The molecule has 0 bridgehead atoms. The van der Waals surface area contributed by atoms with E-state index in [0.29, 0.717) is 0 Å². The Kier molecular flexibility index (Phi) is 6.92. The van der Waals surface area contributed by atoms with Crippen LogP contribution in [-0.2, 0) is 11.8 Å². The van der Waals surface area contributed by atoms with Gasteiger partial charge in [-0.05, 0) is 31.6 Å². The van der Waals surface area contributed by atoms with Crippen LogP contribution in [0.5, 0.6) is 0 Å². The van der Waals surface area contributed by atoms with Crippen LogP contribution in [0.4, 0.5) is 0 Å². The molecule has 0 aliphatic heterocycles. The van der Waals surface area contributed by atoms with Gasteiger partial charge in [0.2, 0.25) is 5.69 Å². The molecule has 0 aromatic rings. The Hall–Kier alpha value is 0.920. The molecule has 0 aromatic heterocycles.